The van der Waals surface area contributed by atoms with Crippen molar-refractivity contribution < 1.29 is 19.1 Å². The van der Waals surface area contributed by atoms with Crippen LogP contribution in [0.25, 0.3) is 0 Å². The first kappa shape index (κ1) is 16.3. The number of nitrogens with zero attached hydrogens (tertiary/aromatic N) is 2. The number of methoxy groups -OCH3 is 2. The predicted octanol–water partition coefficient (Wildman–Crippen LogP) is 1.81. The number of halogens is 1. The summed E-state index contributed by atoms with van der Waals surface area (Å²) in [6.07, 6.45) is 1.84. The van der Waals surface area contributed by atoms with Crippen molar-refractivity contribution in [3.05, 3.63) is 46.5 Å². The van der Waals surface area contributed by atoms with E-state index in [0.717, 1.165) is 11.4 Å². The van der Waals surface area contributed by atoms with Gasteiger partial charge in [-0.15, -0.1) is 0 Å². The highest BCUT2D eigenvalue weighted by Crippen LogP contribution is 2.28. The molecular formula is C16H16ClN3O4. The molecule has 2 heterocycles. The van der Waals surface area contributed by atoms with Gasteiger partial charge in [-0.25, -0.2) is 9.78 Å². The number of ether oxygens (including phenoxy) is 2. The molecule has 0 saturated heterocycles. The molecule has 0 spiro atoms. The lowest BCUT2D eigenvalue weighted by Crippen LogP contribution is -2.49. The zero-order valence-corrected chi connectivity index (χ0v) is 14.0. The van der Waals surface area contributed by atoms with Crippen molar-refractivity contribution in [2.45, 2.75) is 19.0 Å². The molecule has 8 heteroatoms. The molecule has 1 aliphatic rings. The van der Waals surface area contributed by atoms with E-state index in [1.807, 2.05) is 0 Å². The largest absolute Gasteiger partial charge is 0.496 e. The van der Waals surface area contributed by atoms with Gasteiger partial charge in [-0.1, -0.05) is 11.6 Å². The van der Waals surface area contributed by atoms with Crippen LogP contribution in [0.15, 0.2) is 24.5 Å². The lowest BCUT2D eigenvalue weighted by atomic mass is 10.0. The molecule has 7 nitrogen and oxygen atoms in total. The van der Waals surface area contributed by atoms with Gasteiger partial charge in [-0.3, -0.25) is 4.79 Å². The average molecular weight is 350 g/mol. The smallest absolute Gasteiger partial charge is 0.329 e. The minimum absolute atomic E-state index is 0.226. The zero-order chi connectivity index (χ0) is 17.3. The number of nitrogens with one attached hydrogen (secondary N) is 1. The molecule has 1 aliphatic heterocycles. The number of aromatic amines is 1. The molecule has 126 valence electrons. The maximum absolute atomic E-state index is 13.0. The third kappa shape index (κ3) is 2.82. The lowest BCUT2D eigenvalue weighted by molar-refractivity contribution is -0.146. The lowest BCUT2D eigenvalue weighted by Gasteiger charge is -2.33. The van der Waals surface area contributed by atoms with Crippen LogP contribution in [0, 0.1) is 0 Å². The van der Waals surface area contributed by atoms with Crippen LogP contribution in [-0.2, 0) is 22.5 Å². The van der Waals surface area contributed by atoms with Gasteiger partial charge in [0.1, 0.15) is 11.8 Å². The Kier molecular flexibility index (Phi) is 4.44. The molecule has 24 heavy (non-hydrogen) atoms. The normalized spacial score (nSPS) is 16.5. The van der Waals surface area contributed by atoms with E-state index in [0.29, 0.717) is 22.8 Å². The summed E-state index contributed by atoms with van der Waals surface area (Å²) in [4.78, 5) is 33.8. The maximum Gasteiger partial charge on any atom is 0.329 e. The summed E-state index contributed by atoms with van der Waals surface area (Å²) in [5.41, 5.74) is 1.85. The van der Waals surface area contributed by atoms with Crippen molar-refractivity contribution in [3.8, 4) is 5.75 Å². The van der Waals surface area contributed by atoms with Gasteiger partial charge in [-0.2, -0.15) is 0 Å². The molecule has 1 atom stereocenters. The quantitative estimate of drug-likeness (QED) is 0.854. The second kappa shape index (κ2) is 6.52. The van der Waals surface area contributed by atoms with Crippen LogP contribution < -0.4 is 4.74 Å². The Morgan fingerprint density at radius 2 is 2.17 bits per heavy atom. The number of fused-ring (bicyclic) bond motifs is 1. The highest BCUT2D eigenvalue weighted by molar-refractivity contribution is 6.31. The number of imidazole rings is 1. The molecule has 0 fully saturated rings. The fraction of sp³-hybridized carbons (Fsp3) is 0.312. The standard InChI is InChI=1S/C16H16ClN3O4/c1-23-14-4-3-9(17)5-10(14)15(21)20-7-12-11(18-8-19-12)6-13(20)16(22)24-2/h3-5,8,13H,6-7H2,1-2H3,(H,18,19). The van der Waals surface area contributed by atoms with Gasteiger partial charge in [-0.05, 0) is 18.2 Å². The van der Waals surface area contributed by atoms with Crippen LogP contribution in [0.4, 0.5) is 0 Å². The summed E-state index contributed by atoms with van der Waals surface area (Å²) in [7, 11) is 2.77. The Balaban J connectivity index is 2.00. The fourth-order valence-corrected chi connectivity index (χ4v) is 2.97. The van der Waals surface area contributed by atoms with Gasteiger partial charge >= 0.3 is 5.97 Å². The minimum atomic E-state index is -0.748. The van der Waals surface area contributed by atoms with Crippen LogP contribution >= 0.6 is 11.6 Å². The van der Waals surface area contributed by atoms with Gasteiger partial charge in [0.05, 0.1) is 44.0 Å². The van der Waals surface area contributed by atoms with Crippen molar-refractivity contribution >= 4 is 23.5 Å². The predicted molar refractivity (Wildman–Crippen MR) is 86.0 cm³/mol. The summed E-state index contributed by atoms with van der Waals surface area (Å²) in [5, 5.41) is 0.410. The third-order valence-corrected chi connectivity index (χ3v) is 4.26. The molecule has 0 saturated carbocycles. The number of amides is 1. The Labute approximate surface area is 143 Å². The molecule has 1 N–H and O–H groups in total. The highest BCUT2D eigenvalue weighted by atomic mass is 35.5. The molecule has 1 aromatic heterocycles. The number of esters is 1. The first-order chi connectivity index (χ1) is 11.5. The number of H-pyrrole nitrogens is 1. The number of rotatable bonds is 3. The van der Waals surface area contributed by atoms with Gasteiger partial charge in [0, 0.05) is 11.4 Å². The van der Waals surface area contributed by atoms with Gasteiger partial charge < -0.3 is 19.4 Å². The molecule has 0 aliphatic carbocycles. The first-order valence-corrected chi connectivity index (χ1v) is 7.66. The Morgan fingerprint density at radius 3 is 2.88 bits per heavy atom. The fourth-order valence-electron chi connectivity index (χ4n) is 2.80. The van der Waals surface area contributed by atoms with E-state index < -0.39 is 12.0 Å². The van der Waals surface area contributed by atoms with E-state index in [1.165, 1.54) is 25.2 Å². The molecule has 1 aromatic carbocycles. The zero-order valence-electron chi connectivity index (χ0n) is 13.2. The molecular weight excluding hydrogens is 334 g/mol. The van der Waals surface area contributed by atoms with Gasteiger partial charge in [0.25, 0.3) is 5.91 Å². The highest BCUT2D eigenvalue weighted by Gasteiger charge is 2.37. The molecule has 1 amide bonds. The molecule has 3 rings (SSSR count). The monoisotopic (exact) mass is 349 g/mol. The van der Waals surface area contributed by atoms with Crippen LogP contribution in [0.1, 0.15) is 21.7 Å². The number of carbonyl (C=O) groups excluding carboxylic acids is 2. The summed E-state index contributed by atoms with van der Waals surface area (Å²) in [6, 6.07) is 4.04. The Morgan fingerprint density at radius 1 is 1.38 bits per heavy atom. The topological polar surface area (TPSA) is 84.5 Å². The summed E-state index contributed by atoms with van der Waals surface area (Å²) in [6.45, 7) is 0.226. The van der Waals surface area contributed by atoms with Crippen molar-refractivity contribution in [2.75, 3.05) is 14.2 Å². The van der Waals surface area contributed by atoms with E-state index in [2.05, 4.69) is 9.97 Å². The van der Waals surface area contributed by atoms with E-state index in [-0.39, 0.29) is 12.5 Å². The van der Waals surface area contributed by atoms with E-state index >= 15 is 0 Å². The Bertz CT molecular complexity index is 789. The summed E-state index contributed by atoms with van der Waals surface area (Å²) < 4.78 is 10.1. The van der Waals surface area contributed by atoms with Crippen molar-refractivity contribution in [2.24, 2.45) is 0 Å². The van der Waals surface area contributed by atoms with Crippen LogP contribution in [0.5, 0.6) is 5.75 Å². The Hall–Kier alpha value is -2.54. The number of carbonyl (C=O) groups is 2. The SMILES string of the molecule is COC(=O)C1Cc2nc[nH]c2CN1C(=O)c1cc(Cl)ccc1OC. The van der Waals surface area contributed by atoms with E-state index in [1.54, 1.807) is 18.5 Å². The molecule has 0 radical (unpaired) electrons. The number of hydrogen-bond donors (Lipinski definition) is 1. The molecule has 1 unspecified atom stereocenters. The second-order valence-electron chi connectivity index (χ2n) is 5.35. The number of hydrogen-bond acceptors (Lipinski definition) is 5. The third-order valence-electron chi connectivity index (χ3n) is 4.02. The van der Waals surface area contributed by atoms with E-state index in [4.69, 9.17) is 21.1 Å². The number of aromatic nitrogens is 2. The van der Waals surface area contributed by atoms with Crippen LogP contribution in [0.3, 0.4) is 0 Å². The van der Waals surface area contributed by atoms with E-state index in [9.17, 15) is 9.59 Å². The van der Waals surface area contributed by atoms with Gasteiger partial charge in [0.15, 0.2) is 0 Å². The van der Waals surface area contributed by atoms with Crippen molar-refractivity contribution in [1.29, 1.82) is 0 Å². The summed E-state index contributed by atoms with van der Waals surface area (Å²) in [5.74, 6) is -0.452. The molecule has 2 aromatic rings. The number of benzene rings is 1. The molecule has 0 bridgehead atoms. The van der Waals surface area contributed by atoms with Crippen LogP contribution in [-0.4, -0.2) is 47.0 Å². The second-order valence-corrected chi connectivity index (χ2v) is 5.78. The summed E-state index contributed by atoms with van der Waals surface area (Å²) >= 11 is 6.01. The van der Waals surface area contributed by atoms with Crippen molar-refractivity contribution in [1.82, 2.24) is 14.9 Å². The first-order valence-electron chi connectivity index (χ1n) is 7.28. The maximum atomic E-state index is 13.0. The van der Waals surface area contributed by atoms with Crippen molar-refractivity contribution in [3.63, 3.8) is 0 Å². The minimum Gasteiger partial charge on any atom is -0.496 e. The average Bonchev–Trinajstić information content (AvgIpc) is 3.06. The van der Waals surface area contributed by atoms with Crippen LogP contribution in [0.2, 0.25) is 5.02 Å². The van der Waals surface area contributed by atoms with Gasteiger partial charge in [0.2, 0.25) is 0 Å².